The summed E-state index contributed by atoms with van der Waals surface area (Å²) in [6.07, 6.45) is 3.89. The van der Waals surface area contributed by atoms with Gasteiger partial charge in [-0.2, -0.15) is 0 Å². The molecule has 17 heavy (non-hydrogen) atoms. The zero-order valence-corrected chi connectivity index (χ0v) is 9.47. The summed E-state index contributed by atoms with van der Waals surface area (Å²) in [6.45, 7) is 0.544. The van der Waals surface area contributed by atoms with Gasteiger partial charge in [0.1, 0.15) is 21.4 Å². The Hall–Kier alpha value is -1.70. The lowest BCUT2D eigenvalue weighted by atomic mass is 9.88. The molecule has 80 valence electrons. The Morgan fingerprint density at radius 3 is 2.29 bits per heavy atom. The molecule has 0 saturated heterocycles. The van der Waals surface area contributed by atoms with Crippen molar-refractivity contribution in [2.24, 2.45) is 0 Å². The second kappa shape index (κ2) is 5.58. The number of rotatable bonds is 4. The first kappa shape index (κ1) is 11.8. The fraction of sp³-hybridized carbons (Fsp3) is 0.154. The molecule has 0 saturated carbocycles. The van der Waals surface area contributed by atoms with Crippen LogP contribution in [0.25, 0.3) is 0 Å². The van der Waals surface area contributed by atoms with Crippen molar-refractivity contribution in [2.75, 3.05) is 6.61 Å². The Morgan fingerprint density at radius 2 is 1.65 bits per heavy atom. The molecular weight excluding hydrogens is 208 g/mol. The molecule has 0 aliphatic rings. The summed E-state index contributed by atoms with van der Waals surface area (Å²) < 4.78 is 5.58. The van der Waals surface area contributed by atoms with Gasteiger partial charge in [-0.05, 0) is 16.5 Å². The van der Waals surface area contributed by atoms with E-state index in [1.165, 1.54) is 18.0 Å². The van der Waals surface area contributed by atoms with Crippen LogP contribution in [-0.2, 0) is 6.42 Å². The van der Waals surface area contributed by atoms with Gasteiger partial charge in [-0.15, -0.1) is 0 Å². The summed E-state index contributed by atoms with van der Waals surface area (Å²) in [7, 11) is 11.5. The second-order valence-electron chi connectivity index (χ2n) is 3.73. The van der Waals surface area contributed by atoms with Crippen LogP contribution >= 0.6 is 0 Å². The Labute approximate surface area is 104 Å². The molecule has 1 heterocycles. The molecule has 1 aromatic heterocycles. The van der Waals surface area contributed by atoms with Crippen LogP contribution in [0.3, 0.4) is 0 Å². The highest BCUT2D eigenvalue weighted by Gasteiger charge is 2.02. The van der Waals surface area contributed by atoms with Crippen molar-refractivity contribution in [1.29, 1.82) is 0 Å². The highest BCUT2D eigenvalue weighted by Crippen LogP contribution is 2.03. The van der Waals surface area contributed by atoms with Crippen molar-refractivity contribution in [3.8, 4) is 5.75 Å². The molecule has 0 unspecified atom stereocenters. The Kier molecular flexibility index (Phi) is 3.86. The van der Waals surface area contributed by atoms with Crippen LogP contribution in [0.4, 0.5) is 0 Å². The topological polar surface area (TPSA) is 22.1 Å². The normalized spacial score (nSPS) is 10.1. The minimum Gasteiger partial charge on any atom is -0.494 e. The van der Waals surface area contributed by atoms with E-state index in [4.69, 9.17) is 20.4 Å². The van der Waals surface area contributed by atoms with Crippen LogP contribution in [0.2, 0.25) is 0 Å². The van der Waals surface area contributed by atoms with Crippen LogP contribution in [0, 0.1) is 0 Å². The molecule has 1 aromatic carbocycles. The van der Waals surface area contributed by atoms with Gasteiger partial charge in [0.2, 0.25) is 0 Å². The molecule has 2 rings (SSSR count). The van der Waals surface area contributed by atoms with E-state index in [1.54, 1.807) is 0 Å². The van der Waals surface area contributed by atoms with Crippen LogP contribution in [0.15, 0.2) is 42.7 Å². The molecule has 2 aromatic rings. The Balaban J connectivity index is 1.95. The Morgan fingerprint density at radius 1 is 1.00 bits per heavy atom. The van der Waals surface area contributed by atoms with Gasteiger partial charge in [0.15, 0.2) is 0 Å². The highest BCUT2D eigenvalue weighted by atomic mass is 16.5. The smallest absolute Gasteiger partial charge is 0.121 e. The van der Waals surface area contributed by atoms with Gasteiger partial charge in [0.25, 0.3) is 0 Å². The molecule has 0 bridgehead atoms. The van der Waals surface area contributed by atoms with E-state index in [-0.39, 0.29) is 0 Å². The molecule has 0 amide bonds. The minimum absolute atomic E-state index is 0.470. The number of hydrogen-bond donors (Lipinski definition) is 0. The van der Waals surface area contributed by atoms with Gasteiger partial charge in [-0.25, -0.2) is 0 Å². The van der Waals surface area contributed by atoms with Crippen molar-refractivity contribution in [2.45, 2.75) is 6.42 Å². The number of ether oxygens (including phenoxy) is 1. The largest absolute Gasteiger partial charge is 0.494 e. The van der Waals surface area contributed by atoms with Crippen LogP contribution in [0.1, 0.15) is 5.56 Å². The lowest BCUT2D eigenvalue weighted by Gasteiger charge is -2.12. The highest BCUT2D eigenvalue weighted by molar-refractivity contribution is 6.40. The van der Waals surface area contributed by atoms with E-state index < -0.39 is 0 Å². The molecule has 0 spiro atoms. The van der Waals surface area contributed by atoms with Crippen molar-refractivity contribution in [3.63, 3.8) is 0 Å². The van der Waals surface area contributed by atoms with Crippen molar-refractivity contribution < 1.29 is 4.74 Å². The molecule has 2 nitrogen and oxygen atoms in total. The number of aromatic nitrogens is 1. The van der Waals surface area contributed by atoms with E-state index in [1.807, 2.05) is 18.2 Å². The quantitative estimate of drug-likeness (QED) is 0.689. The SMILES string of the molecule is [B]c1cncc([B])c1OCCc1ccccc1. The molecule has 0 aliphatic heterocycles. The van der Waals surface area contributed by atoms with E-state index in [0.717, 1.165) is 6.42 Å². The molecule has 0 fully saturated rings. The first-order chi connectivity index (χ1) is 8.27. The van der Waals surface area contributed by atoms with Gasteiger partial charge in [-0.3, -0.25) is 4.98 Å². The first-order valence-corrected chi connectivity index (χ1v) is 5.43. The molecule has 0 atom stereocenters. The third-order valence-electron chi connectivity index (χ3n) is 2.43. The average Bonchev–Trinajstić information content (AvgIpc) is 2.34. The van der Waals surface area contributed by atoms with Gasteiger partial charge >= 0.3 is 0 Å². The van der Waals surface area contributed by atoms with E-state index >= 15 is 0 Å². The molecule has 0 aliphatic carbocycles. The maximum absolute atomic E-state index is 5.73. The summed E-state index contributed by atoms with van der Waals surface area (Å²) in [5, 5.41) is 0. The van der Waals surface area contributed by atoms with E-state index in [0.29, 0.717) is 23.3 Å². The summed E-state index contributed by atoms with van der Waals surface area (Å²) in [5.74, 6) is 0.524. The third-order valence-corrected chi connectivity index (χ3v) is 2.43. The van der Waals surface area contributed by atoms with Crippen molar-refractivity contribution >= 4 is 26.6 Å². The predicted molar refractivity (Wildman–Crippen MR) is 70.7 cm³/mol. The molecule has 0 N–H and O–H groups in total. The number of pyridine rings is 1. The van der Waals surface area contributed by atoms with Crippen LogP contribution < -0.4 is 15.7 Å². The Bertz CT molecular complexity index is 468. The summed E-state index contributed by atoms with van der Waals surface area (Å²) in [4.78, 5) is 3.88. The summed E-state index contributed by atoms with van der Waals surface area (Å²) in [5.41, 5.74) is 2.16. The third kappa shape index (κ3) is 3.13. The minimum atomic E-state index is 0.470. The molecular formula is C13H11B2NO. The lowest BCUT2D eigenvalue weighted by molar-refractivity contribution is 0.327. The zero-order chi connectivity index (χ0) is 12.1. The van der Waals surface area contributed by atoms with Gasteiger partial charge in [0.05, 0.1) is 6.61 Å². The van der Waals surface area contributed by atoms with Crippen LogP contribution in [0.5, 0.6) is 5.75 Å². The average molecular weight is 219 g/mol. The molecule has 4 heteroatoms. The van der Waals surface area contributed by atoms with Crippen LogP contribution in [-0.4, -0.2) is 27.3 Å². The monoisotopic (exact) mass is 219 g/mol. The fourth-order valence-corrected chi connectivity index (χ4v) is 1.56. The van der Waals surface area contributed by atoms with E-state index in [9.17, 15) is 0 Å². The van der Waals surface area contributed by atoms with E-state index in [2.05, 4.69) is 17.1 Å². The second-order valence-corrected chi connectivity index (χ2v) is 3.73. The number of hydrogen-bond acceptors (Lipinski definition) is 2. The predicted octanol–water partition coefficient (Wildman–Crippen LogP) is 0.291. The summed E-state index contributed by atoms with van der Waals surface area (Å²) >= 11 is 0. The standard InChI is InChI=1S/C13H11B2NO/c14-11-8-16-9-12(15)13(11)17-7-6-10-4-2-1-3-5-10/h1-5,8-9H,6-7H2. The number of nitrogens with zero attached hydrogens (tertiary/aromatic N) is 1. The van der Waals surface area contributed by atoms with Crippen molar-refractivity contribution in [1.82, 2.24) is 4.98 Å². The van der Waals surface area contributed by atoms with Gasteiger partial charge in [0, 0.05) is 18.8 Å². The molecule has 4 radical (unpaired) electrons. The van der Waals surface area contributed by atoms with Gasteiger partial charge < -0.3 is 4.74 Å². The maximum Gasteiger partial charge on any atom is 0.121 e. The zero-order valence-electron chi connectivity index (χ0n) is 9.47. The van der Waals surface area contributed by atoms with Gasteiger partial charge in [-0.1, -0.05) is 30.3 Å². The summed E-state index contributed by atoms with van der Waals surface area (Å²) in [6, 6.07) is 10.1. The maximum atomic E-state index is 5.73. The lowest BCUT2D eigenvalue weighted by Crippen LogP contribution is -2.22. The van der Waals surface area contributed by atoms with Crippen molar-refractivity contribution in [3.05, 3.63) is 48.3 Å². The fourth-order valence-electron chi connectivity index (χ4n) is 1.56. The first-order valence-electron chi connectivity index (χ1n) is 5.43. The number of benzene rings is 1.